The molecule has 0 saturated carbocycles. The Morgan fingerprint density at radius 2 is 0.604 bits per heavy atom. The van der Waals surface area contributed by atoms with E-state index in [0.29, 0.717) is 6.42 Å². The fourth-order valence-electron chi connectivity index (χ4n) is 9.32. The lowest BCUT2D eigenvalue weighted by molar-refractivity contribution is -0.147. The van der Waals surface area contributed by atoms with Crippen LogP contribution in [0.15, 0.2) is 74.4 Å². The minimum atomic E-state index is -4.32. The van der Waals surface area contributed by atoms with Gasteiger partial charge in [-0.2, -0.15) is 0 Å². The third kappa shape index (κ3) is 58.9. The fourth-order valence-corrected chi connectivity index (χ4v) is 12.9. The molecular formula is C71H128N5O22P3. The number of hydrogen-bond acceptors (Lipinski definition) is 22. The summed E-state index contributed by atoms with van der Waals surface area (Å²) in [5.41, 5.74) is 0. The number of urea groups is 1. The molecule has 0 aromatic heterocycles. The zero-order chi connectivity index (χ0) is 75.8. The van der Waals surface area contributed by atoms with Crippen LogP contribution in [-0.4, -0.2) is 151 Å². The van der Waals surface area contributed by atoms with Crippen LogP contribution in [0.2, 0.25) is 0 Å². The molecule has 9 unspecified atom stereocenters. The van der Waals surface area contributed by atoms with Gasteiger partial charge in [0, 0.05) is 54.6 Å². The number of nitrogens with one attached hydrogen (secondary N) is 5. The number of phosphoric ester groups is 3. The lowest BCUT2D eigenvalue weighted by atomic mass is 10.1. The molecule has 0 aromatic carbocycles. The summed E-state index contributed by atoms with van der Waals surface area (Å²) in [6.07, 6.45) is 39.4. The van der Waals surface area contributed by atoms with Crippen LogP contribution in [0.25, 0.3) is 0 Å². The molecule has 0 aromatic rings. The normalized spacial score (nSPS) is 15.0. The topological polar surface area (TPSA) is 342 Å². The first-order chi connectivity index (χ1) is 48.3. The van der Waals surface area contributed by atoms with Crippen molar-refractivity contribution in [3.63, 3.8) is 0 Å². The summed E-state index contributed by atoms with van der Waals surface area (Å²) >= 11 is 0. The average molecular weight is 1500 g/mol. The summed E-state index contributed by atoms with van der Waals surface area (Å²) in [6, 6.07) is -3.37. The number of ether oxygens (including phenoxy) is 3. The van der Waals surface area contributed by atoms with E-state index < -0.39 is 109 Å². The second-order valence-electron chi connectivity index (χ2n) is 23.8. The Kier molecular flexibility index (Phi) is 62.5. The molecule has 0 aliphatic carbocycles. The second-order valence-corrected chi connectivity index (χ2v) is 28.8. The third-order valence-corrected chi connectivity index (χ3v) is 18.5. The standard InChI is InChI=1S/C47H84N4O15P2.C24H44NO7P/c1-9-13-15-17-19-21-23-25-27-29-45(65-41(7)54)43(50-39(5)52)37-63-67(57,59-33-11-3)61-35-31-48-47(56)49-32-36-62-68(58,60-34-12-4)64-38-44(51-40(6)53)46(66-42(8)55)30-28-26-24-22-20-18-16-14-10-2;1-6-9-10-11-12-13-14-15-16-17-24(32-22(5)27)23(25-21(4)26)20-31-33(28,29-18-7-2)30-19-8-3/h11-12,27-30,43-46H,3-4,9-10,13-26,31-38H2,1-2,5-8H3,(H,50,52)(H,51,53)(H2,48,49,56);7,16-17,23-24H,2,6,8-15,18-20H2,1,3-5H3,(H,25,26)/b29-27+,30-28+;17-16+. The molecule has 0 fully saturated rings. The molecule has 0 spiro atoms. The first kappa shape index (κ1) is 97.9. The predicted molar refractivity (Wildman–Crippen MR) is 393 cm³/mol. The molecule has 0 aliphatic rings. The van der Waals surface area contributed by atoms with E-state index in [1.165, 1.54) is 143 Å². The lowest BCUT2D eigenvalue weighted by Gasteiger charge is -2.27. The number of carbonyl (C=O) groups excluding carboxylic acids is 7. The second kappa shape index (κ2) is 64.5. The first-order valence-electron chi connectivity index (χ1n) is 36.1. The first-order valence-corrected chi connectivity index (χ1v) is 40.5. The van der Waals surface area contributed by atoms with Gasteiger partial charge in [0.25, 0.3) is 0 Å². The fraction of sp³-hybridized carbons (Fsp3) is 0.732. The zero-order valence-corrected chi connectivity index (χ0v) is 65.2. The van der Waals surface area contributed by atoms with Crippen LogP contribution in [0.4, 0.5) is 4.79 Å². The van der Waals surface area contributed by atoms with Crippen molar-refractivity contribution in [3.05, 3.63) is 74.4 Å². The summed E-state index contributed by atoms with van der Waals surface area (Å²) in [4.78, 5) is 84.3. The number of hydrogen-bond donors (Lipinski definition) is 5. The minimum Gasteiger partial charge on any atom is -0.456 e. The number of phosphoric acid groups is 3. The van der Waals surface area contributed by atoms with Gasteiger partial charge in [0.15, 0.2) is 0 Å². The number of allylic oxidation sites excluding steroid dienone is 3. The largest absolute Gasteiger partial charge is 0.475 e. The van der Waals surface area contributed by atoms with Crippen molar-refractivity contribution < 1.29 is 102 Å². The van der Waals surface area contributed by atoms with E-state index >= 15 is 0 Å². The van der Waals surface area contributed by atoms with Crippen LogP contribution in [0.1, 0.15) is 230 Å². The molecule has 27 nitrogen and oxygen atoms in total. The molecule has 101 heavy (non-hydrogen) atoms. The Bertz CT molecular complexity index is 2410. The number of esters is 3. The number of unbranched alkanes of at least 4 members (excludes halogenated alkanes) is 21. The zero-order valence-electron chi connectivity index (χ0n) is 62.6. The van der Waals surface area contributed by atoms with Crippen molar-refractivity contribution in [1.29, 1.82) is 0 Å². The van der Waals surface area contributed by atoms with Gasteiger partial charge in [0.05, 0.1) is 77.6 Å². The van der Waals surface area contributed by atoms with Crippen LogP contribution < -0.4 is 26.6 Å². The van der Waals surface area contributed by atoms with Crippen LogP contribution in [0, 0.1) is 0 Å². The van der Waals surface area contributed by atoms with Crippen molar-refractivity contribution in [3.8, 4) is 0 Å². The van der Waals surface area contributed by atoms with E-state index in [2.05, 4.69) is 67.1 Å². The van der Waals surface area contributed by atoms with Gasteiger partial charge in [0.2, 0.25) is 17.7 Å². The third-order valence-electron chi connectivity index (χ3n) is 14.2. The average Bonchev–Trinajstić information content (AvgIpc) is 0.890. The SMILES string of the molecule is C=CCOP(=O)(OCCC)OCC(NC(C)=O)C(/C=C/CCCCCCCCC)OC(C)=O.C=CCOP(=O)(OCCNC(=O)NCCOP(=O)(OCC=C)OCC(NC(C)=O)C(/C=C/CCCCCCCCC)OC(C)=O)OCC(NC(C)=O)C(/C=C/CCCCCCCCC)OC(C)=O. The highest BCUT2D eigenvalue weighted by molar-refractivity contribution is 7.49. The highest BCUT2D eigenvalue weighted by atomic mass is 31.2. The molecule has 0 aliphatic heterocycles. The molecule has 0 heterocycles. The molecule has 5 amide bonds. The quantitative estimate of drug-likeness (QED) is 0.0124. The van der Waals surface area contributed by atoms with Gasteiger partial charge in [-0.3, -0.25) is 69.5 Å². The van der Waals surface area contributed by atoms with Crippen molar-refractivity contribution >= 4 is 65.1 Å². The molecule has 0 bridgehead atoms. The highest BCUT2D eigenvalue weighted by Crippen LogP contribution is 2.51. The molecular weight excluding hydrogens is 1370 g/mol. The van der Waals surface area contributed by atoms with Gasteiger partial charge in [0.1, 0.15) is 18.3 Å². The Morgan fingerprint density at radius 1 is 0.347 bits per heavy atom. The number of carbonyl (C=O) groups is 7. The van der Waals surface area contributed by atoms with E-state index in [1.807, 2.05) is 25.2 Å². The molecule has 5 N–H and O–H groups in total. The van der Waals surface area contributed by atoms with E-state index in [0.717, 1.165) is 70.6 Å². The van der Waals surface area contributed by atoms with Crippen molar-refractivity contribution in [2.75, 3.05) is 72.6 Å². The summed E-state index contributed by atoms with van der Waals surface area (Å²) in [7, 11) is -12.5. The highest BCUT2D eigenvalue weighted by Gasteiger charge is 2.35. The van der Waals surface area contributed by atoms with Gasteiger partial charge in [-0.1, -0.05) is 180 Å². The predicted octanol–water partition coefficient (Wildman–Crippen LogP) is 15.1. The maximum absolute atomic E-state index is 13.6. The summed E-state index contributed by atoms with van der Waals surface area (Å²) in [5, 5.41) is 13.1. The molecule has 9 atom stereocenters. The van der Waals surface area contributed by atoms with Crippen molar-refractivity contribution in [1.82, 2.24) is 26.6 Å². The molecule has 0 saturated heterocycles. The van der Waals surface area contributed by atoms with Gasteiger partial charge < -0.3 is 40.8 Å². The lowest BCUT2D eigenvalue weighted by Crippen LogP contribution is -2.46. The van der Waals surface area contributed by atoms with E-state index in [1.54, 1.807) is 18.2 Å². The maximum Gasteiger partial charge on any atom is 0.475 e. The van der Waals surface area contributed by atoms with Gasteiger partial charge in [-0.15, -0.1) is 19.7 Å². The smallest absolute Gasteiger partial charge is 0.456 e. The maximum atomic E-state index is 13.6. The molecule has 584 valence electrons. The summed E-state index contributed by atoms with van der Waals surface area (Å²) in [5.74, 6) is -2.92. The van der Waals surface area contributed by atoms with Crippen molar-refractivity contribution in [2.45, 2.75) is 266 Å². The minimum absolute atomic E-state index is 0.0164. The molecule has 0 rings (SSSR count). The summed E-state index contributed by atoms with van der Waals surface area (Å²) < 4.78 is 105. The molecule has 0 radical (unpaired) electrons. The van der Waals surface area contributed by atoms with Crippen LogP contribution >= 0.6 is 23.5 Å². The van der Waals surface area contributed by atoms with E-state index in [9.17, 15) is 47.3 Å². The van der Waals surface area contributed by atoms with E-state index in [4.69, 9.17) is 54.9 Å². The van der Waals surface area contributed by atoms with Gasteiger partial charge in [-0.05, 0) is 63.2 Å². The summed E-state index contributed by atoms with van der Waals surface area (Å²) in [6.45, 7) is 24.4. The van der Waals surface area contributed by atoms with Gasteiger partial charge in [-0.25, -0.2) is 18.5 Å². The van der Waals surface area contributed by atoms with Gasteiger partial charge >= 0.3 is 47.4 Å². The van der Waals surface area contributed by atoms with Crippen LogP contribution in [0.3, 0.4) is 0 Å². The van der Waals surface area contributed by atoms with Crippen LogP contribution in [-0.2, 0) is 97.4 Å². The Balaban J connectivity index is 0. The Hall–Kier alpha value is -5.14. The molecule has 30 heteroatoms. The Labute approximate surface area is 604 Å². The van der Waals surface area contributed by atoms with Crippen LogP contribution in [0.5, 0.6) is 0 Å². The number of amides is 5. The van der Waals surface area contributed by atoms with Crippen molar-refractivity contribution in [2.24, 2.45) is 0 Å². The number of rotatable bonds is 65. The Morgan fingerprint density at radius 3 is 0.842 bits per heavy atom. The van der Waals surface area contributed by atoms with E-state index in [-0.39, 0.29) is 65.2 Å². The monoisotopic (exact) mass is 1500 g/mol.